The van der Waals surface area contributed by atoms with E-state index in [1.165, 1.54) is 0 Å². The molecular weight excluding hydrogens is 478 g/mol. The van der Waals surface area contributed by atoms with Gasteiger partial charge in [-0.25, -0.2) is 0 Å². The van der Waals surface area contributed by atoms with Gasteiger partial charge in [-0.3, -0.25) is 4.90 Å². The number of hydrogen-bond donors (Lipinski definition) is 0. The Balaban J connectivity index is 3.92. The lowest BCUT2D eigenvalue weighted by Gasteiger charge is -2.22. The van der Waals surface area contributed by atoms with Crippen LogP contribution in [0.3, 0.4) is 0 Å². The summed E-state index contributed by atoms with van der Waals surface area (Å²) in [6, 6.07) is 0. The highest BCUT2D eigenvalue weighted by Gasteiger charge is 2.09. The molecule has 0 aliphatic rings. The van der Waals surface area contributed by atoms with Gasteiger partial charge in [0, 0.05) is 39.5 Å². The molecule has 9 nitrogen and oxygen atoms in total. The van der Waals surface area contributed by atoms with Crippen LogP contribution in [0.4, 0.5) is 0 Å². The Morgan fingerprint density at radius 1 is 0.378 bits per heavy atom. The predicted octanol–water partition coefficient (Wildman–Crippen LogP) is 3.68. The maximum atomic E-state index is 5.78. The van der Waals surface area contributed by atoms with Crippen molar-refractivity contribution >= 4 is 0 Å². The van der Waals surface area contributed by atoms with E-state index in [1.54, 1.807) is 0 Å². The van der Waals surface area contributed by atoms with Gasteiger partial charge in [-0.2, -0.15) is 0 Å². The maximum absolute atomic E-state index is 5.78. The molecule has 37 heavy (non-hydrogen) atoms. The molecule has 0 radical (unpaired) electrons. The summed E-state index contributed by atoms with van der Waals surface area (Å²) in [6.07, 6.45) is 3.11. The highest BCUT2D eigenvalue weighted by atomic mass is 16.6. The first-order valence-corrected chi connectivity index (χ1v) is 14.3. The first-order valence-electron chi connectivity index (χ1n) is 14.3. The Morgan fingerprint density at radius 2 is 0.649 bits per heavy atom. The minimum absolute atomic E-state index is 0.301. The van der Waals surface area contributed by atoms with Gasteiger partial charge in [-0.05, 0) is 24.7 Å². The number of ether oxygens (including phenoxy) is 8. The van der Waals surface area contributed by atoms with Crippen LogP contribution in [0.1, 0.15) is 53.9 Å². The molecule has 0 spiro atoms. The maximum Gasteiger partial charge on any atom is 0.0701 e. The third-order valence-electron chi connectivity index (χ3n) is 5.21. The highest BCUT2D eigenvalue weighted by Crippen LogP contribution is 2.17. The van der Waals surface area contributed by atoms with E-state index in [0.717, 1.165) is 58.7 Å². The van der Waals surface area contributed by atoms with Crippen LogP contribution in [-0.2, 0) is 37.9 Å². The average molecular weight is 538 g/mol. The molecule has 0 aromatic rings. The molecule has 0 amide bonds. The van der Waals surface area contributed by atoms with Crippen LogP contribution in [0, 0.1) is 5.41 Å². The highest BCUT2D eigenvalue weighted by molar-refractivity contribution is 4.60. The quantitative estimate of drug-likeness (QED) is 0.128. The molecule has 0 rings (SSSR count). The average Bonchev–Trinajstić information content (AvgIpc) is 2.86. The van der Waals surface area contributed by atoms with Gasteiger partial charge < -0.3 is 37.9 Å². The van der Waals surface area contributed by atoms with Gasteiger partial charge in [-0.1, -0.05) is 34.6 Å². The first-order chi connectivity index (χ1) is 18.0. The van der Waals surface area contributed by atoms with Crippen molar-refractivity contribution in [3.05, 3.63) is 0 Å². The van der Waals surface area contributed by atoms with Gasteiger partial charge in [0.15, 0.2) is 0 Å². The minimum Gasteiger partial charge on any atom is -0.379 e. The lowest BCUT2D eigenvalue weighted by atomic mass is 9.93. The zero-order valence-electron chi connectivity index (χ0n) is 24.8. The van der Waals surface area contributed by atoms with E-state index in [1.807, 2.05) is 0 Å². The van der Waals surface area contributed by atoms with E-state index < -0.39 is 0 Å². The van der Waals surface area contributed by atoms with E-state index >= 15 is 0 Å². The van der Waals surface area contributed by atoms with Crippen molar-refractivity contribution in [2.24, 2.45) is 5.41 Å². The molecule has 0 aliphatic heterocycles. The van der Waals surface area contributed by atoms with E-state index in [-0.39, 0.29) is 0 Å². The molecule has 0 aromatic carbocycles. The standard InChI is InChI=1S/C28H59NO8/c1-6-12-30-18-24-36-26-22-34-16-10-29(9-15-33-21-20-32-14-8-28(3,4)5)11-17-35-23-27-37-25-19-31-13-7-2/h6-27H2,1-5H3. The molecule has 0 fully saturated rings. The zero-order chi connectivity index (χ0) is 27.3. The molecule has 0 bridgehead atoms. The second-order valence-corrected chi connectivity index (χ2v) is 10.1. The van der Waals surface area contributed by atoms with Crippen molar-refractivity contribution in [2.75, 3.05) is 125 Å². The molecule has 0 saturated carbocycles. The smallest absolute Gasteiger partial charge is 0.0701 e. The van der Waals surface area contributed by atoms with Crippen LogP contribution < -0.4 is 0 Å². The van der Waals surface area contributed by atoms with Gasteiger partial charge >= 0.3 is 0 Å². The van der Waals surface area contributed by atoms with Crippen molar-refractivity contribution in [1.29, 1.82) is 0 Å². The molecule has 0 unspecified atom stereocenters. The zero-order valence-corrected chi connectivity index (χ0v) is 24.8. The van der Waals surface area contributed by atoms with Gasteiger partial charge in [0.25, 0.3) is 0 Å². The molecule has 224 valence electrons. The monoisotopic (exact) mass is 537 g/mol. The topological polar surface area (TPSA) is 77.1 Å². The third-order valence-corrected chi connectivity index (χ3v) is 5.21. The summed E-state index contributed by atoms with van der Waals surface area (Å²) in [4.78, 5) is 2.30. The molecular formula is C28H59NO8. The van der Waals surface area contributed by atoms with Crippen LogP contribution in [-0.4, -0.2) is 130 Å². The third kappa shape index (κ3) is 31.8. The lowest BCUT2D eigenvalue weighted by Crippen LogP contribution is -2.34. The number of rotatable bonds is 30. The van der Waals surface area contributed by atoms with Crippen LogP contribution in [0.5, 0.6) is 0 Å². The van der Waals surface area contributed by atoms with Crippen LogP contribution in [0.2, 0.25) is 0 Å². The summed E-state index contributed by atoms with van der Waals surface area (Å²) in [5.41, 5.74) is 0.301. The summed E-state index contributed by atoms with van der Waals surface area (Å²) < 4.78 is 44.8. The van der Waals surface area contributed by atoms with Gasteiger partial charge in [0.2, 0.25) is 0 Å². The van der Waals surface area contributed by atoms with Gasteiger partial charge in [-0.15, -0.1) is 0 Å². The molecule has 0 heterocycles. The fraction of sp³-hybridized carbons (Fsp3) is 1.00. The number of nitrogens with zero attached hydrogens (tertiary/aromatic N) is 1. The summed E-state index contributed by atoms with van der Waals surface area (Å²) in [6.45, 7) is 23.7. The van der Waals surface area contributed by atoms with E-state index in [4.69, 9.17) is 37.9 Å². The van der Waals surface area contributed by atoms with Crippen molar-refractivity contribution in [2.45, 2.75) is 53.9 Å². The molecule has 0 aromatic heterocycles. The fourth-order valence-electron chi connectivity index (χ4n) is 2.99. The van der Waals surface area contributed by atoms with Gasteiger partial charge in [0.05, 0.1) is 85.9 Å². The van der Waals surface area contributed by atoms with Gasteiger partial charge in [0.1, 0.15) is 0 Å². The molecule has 0 N–H and O–H groups in total. The van der Waals surface area contributed by atoms with Crippen molar-refractivity contribution in [3.63, 3.8) is 0 Å². The predicted molar refractivity (Wildman–Crippen MR) is 148 cm³/mol. The fourth-order valence-corrected chi connectivity index (χ4v) is 2.99. The van der Waals surface area contributed by atoms with Crippen molar-refractivity contribution < 1.29 is 37.9 Å². The lowest BCUT2D eigenvalue weighted by molar-refractivity contribution is -0.00330. The molecule has 0 atom stereocenters. The van der Waals surface area contributed by atoms with Crippen LogP contribution >= 0.6 is 0 Å². The summed E-state index contributed by atoms with van der Waals surface area (Å²) in [5, 5.41) is 0. The summed E-state index contributed by atoms with van der Waals surface area (Å²) in [5.74, 6) is 0. The molecule has 0 saturated heterocycles. The second-order valence-electron chi connectivity index (χ2n) is 10.1. The van der Waals surface area contributed by atoms with Crippen molar-refractivity contribution in [1.82, 2.24) is 4.90 Å². The van der Waals surface area contributed by atoms with E-state index in [2.05, 4.69) is 39.5 Å². The normalized spacial score (nSPS) is 12.2. The Bertz CT molecular complexity index is 413. The minimum atomic E-state index is 0.301. The van der Waals surface area contributed by atoms with E-state index in [9.17, 15) is 0 Å². The molecule has 9 heteroatoms. The first kappa shape index (κ1) is 36.6. The summed E-state index contributed by atoms with van der Waals surface area (Å²) in [7, 11) is 0. The molecule has 0 aliphatic carbocycles. The Morgan fingerprint density at radius 3 is 0.946 bits per heavy atom. The SMILES string of the molecule is CCCOCCOCCOCCN(CCOCCOCCOCCC)CCOCCOCCC(C)(C)C. The van der Waals surface area contributed by atoms with Crippen molar-refractivity contribution in [3.8, 4) is 0 Å². The van der Waals surface area contributed by atoms with Crippen LogP contribution in [0.15, 0.2) is 0 Å². The Hall–Kier alpha value is -0.360. The summed E-state index contributed by atoms with van der Waals surface area (Å²) >= 11 is 0. The largest absolute Gasteiger partial charge is 0.379 e. The second kappa shape index (κ2) is 28.6. The van der Waals surface area contributed by atoms with E-state index in [0.29, 0.717) is 91.3 Å². The van der Waals surface area contributed by atoms with Crippen LogP contribution in [0.25, 0.3) is 0 Å². The Kier molecular flexibility index (Phi) is 28.4. The number of hydrogen-bond acceptors (Lipinski definition) is 9. The Labute approximate surface area is 227 Å².